The van der Waals surface area contributed by atoms with Gasteiger partial charge in [-0.25, -0.2) is 8.78 Å². The molecule has 8 nitrogen and oxygen atoms in total. The maximum absolute atomic E-state index is 16.8. The highest BCUT2D eigenvalue weighted by Crippen LogP contribution is 2.42. The van der Waals surface area contributed by atoms with Gasteiger partial charge in [0.2, 0.25) is 5.91 Å². The predicted molar refractivity (Wildman–Crippen MR) is 166 cm³/mol. The monoisotopic (exact) mass is 620 g/mol. The second-order valence-corrected chi connectivity index (χ2v) is 12.3. The average Bonchev–Trinajstić information content (AvgIpc) is 3.36. The van der Waals surface area contributed by atoms with Crippen molar-refractivity contribution < 1.29 is 18.3 Å². The zero-order valence-electron chi connectivity index (χ0n) is 24.7. The Labute approximate surface area is 260 Å². The summed E-state index contributed by atoms with van der Waals surface area (Å²) in [6, 6.07) is 9.20. The van der Waals surface area contributed by atoms with Gasteiger partial charge < -0.3 is 14.5 Å². The summed E-state index contributed by atoms with van der Waals surface area (Å²) in [5.41, 5.74) is 3.45. The largest absolute Gasteiger partial charge is 0.462 e. The van der Waals surface area contributed by atoms with Gasteiger partial charge >= 0.3 is 6.01 Å². The molecule has 1 amide bonds. The number of anilines is 1. The molecule has 230 valence electrons. The molecule has 0 spiro atoms. The molecule has 44 heavy (non-hydrogen) atoms. The number of hydrogen-bond donors (Lipinski definition) is 0. The molecule has 3 aromatic rings. The summed E-state index contributed by atoms with van der Waals surface area (Å²) in [5, 5.41) is 10.2. The topological polar surface area (TPSA) is 85.6 Å². The molecule has 11 heteroatoms. The Morgan fingerprint density at radius 3 is 2.80 bits per heavy atom. The Morgan fingerprint density at radius 2 is 2.05 bits per heavy atom. The van der Waals surface area contributed by atoms with Gasteiger partial charge in [0.25, 0.3) is 0 Å². The summed E-state index contributed by atoms with van der Waals surface area (Å²) in [5.74, 6) is -0.404. The van der Waals surface area contributed by atoms with E-state index in [4.69, 9.17) is 21.3 Å². The van der Waals surface area contributed by atoms with Crippen LogP contribution in [-0.4, -0.2) is 83.8 Å². The minimum atomic E-state index is -0.938. The van der Waals surface area contributed by atoms with Crippen molar-refractivity contribution in [2.45, 2.75) is 56.8 Å². The molecular weight excluding hydrogens is 586 g/mol. The molecule has 3 atom stereocenters. The van der Waals surface area contributed by atoms with E-state index in [-0.39, 0.29) is 41.5 Å². The molecule has 2 aliphatic heterocycles. The van der Waals surface area contributed by atoms with Gasteiger partial charge in [-0.1, -0.05) is 36.4 Å². The third-order valence-electron chi connectivity index (χ3n) is 9.12. The van der Waals surface area contributed by atoms with Crippen molar-refractivity contribution in [3.63, 3.8) is 0 Å². The summed E-state index contributed by atoms with van der Waals surface area (Å²) in [4.78, 5) is 27.2. The standard InChI is InChI=1S/C33H35ClF2N6O2/c1-3-28(43)42-14-13-41(18-22(42)11-12-37)32-26-16-27(34)29(25-10-6-8-20-7-4-5-9-24(20)25)30(36)31(26)38-33(39-32)44-19-23-15-21(35)17-40(23)2/h3,6,8,10,16,21-23H,1,4-5,7,9,11,13-15,17-19H2,2H3/t21-,22+,23+/m1/s1. The van der Waals surface area contributed by atoms with E-state index in [1.165, 1.54) is 11.6 Å². The van der Waals surface area contributed by atoms with Gasteiger partial charge in [0.1, 0.15) is 24.1 Å². The Balaban J connectivity index is 1.45. The van der Waals surface area contributed by atoms with Crippen LogP contribution in [0.2, 0.25) is 5.02 Å². The maximum atomic E-state index is 16.8. The summed E-state index contributed by atoms with van der Waals surface area (Å²) < 4.78 is 36.8. The third-order valence-corrected chi connectivity index (χ3v) is 9.41. The van der Waals surface area contributed by atoms with Crippen molar-refractivity contribution in [3.05, 3.63) is 58.9 Å². The van der Waals surface area contributed by atoms with E-state index >= 15 is 4.39 Å². The van der Waals surface area contributed by atoms with Crippen LogP contribution in [0, 0.1) is 17.1 Å². The molecule has 1 aromatic heterocycles. The number of hydrogen-bond acceptors (Lipinski definition) is 7. The number of amides is 1. The van der Waals surface area contributed by atoms with E-state index in [9.17, 15) is 14.4 Å². The van der Waals surface area contributed by atoms with E-state index in [1.54, 1.807) is 11.0 Å². The number of benzene rings is 2. The molecule has 2 saturated heterocycles. The van der Waals surface area contributed by atoms with E-state index in [0.29, 0.717) is 49.4 Å². The van der Waals surface area contributed by atoms with Gasteiger partial charge in [-0.05, 0) is 68.0 Å². The van der Waals surface area contributed by atoms with Crippen LogP contribution in [0.5, 0.6) is 6.01 Å². The van der Waals surface area contributed by atoms with Crippen molar-refractivity contribution in [2.24, 2.45) is 0 Å². The van der Waals surface area contributed by atoms with Crippen LogP contribution in [0.4, 0.5) is 14.6 Å². The molecule has 1 aliphatic carbocycles. The highest BCUT2D eigenvalue weighted by Gasteiger charge is 2.33. The fraction of sp³-hybridized carbons (Fsp3) is 0.455. The molecular formula is C33H35ClF2N6O2. The van der Waals surface area contributed by atoms with Gasteiger partial charge in [-0.3, -0.25) is 9.69 Å². The lowest BCUT2D eigenvalue weighted by Gasteiger charge is -2.41. The van der Waals surface area contributed by atoms with Gasteiger partial charge in [-0.2, -0.15) is 15.2 Å². The first-order chi connectivity index (χ1) is 21.3. The van der Waals surface area contributed by atoms with Gasteiger partial charge in [-0.15, -0.1) is 0 Å². The number of nitrogens with zero attached hydrogens (tertiary/aromatic N) is 6. The fourth-order valence-electron chi connectivity index (χ4n) is 6.84. The van der Waals surface area contributed by atoms with Gasteiger partial charge in [0.15, 0.2) is 5.82 Å². The number of carbonyl (C=O) groups excluding carboxylic acids is 1. The first-order valence-electron chi connectivity index (χ1n) is 15.1. The molecule has 3 heterocycles. The van der Waals surface area contributed by atoms with Crippen molar-refractivity contribution >= 4 is 34.2 Å². The Kier molecular flexibility index (Phi) is 8.70. The number of likely N-dealkylation sites (N-methyl/N-ethyl adjacent to an activating group) is 1. The number of piperazine rings is 1. The van der Waals surface area contributed by atoms with Crippen LogP contribution in [0.3, 0.4) is 0 Å². The quantitative estimate of drug-likeness (QED) is 0.322. The summed E-state index contributed by atoms with van der Waals surface area (Å²) in [7, 11) is 1.84. The Bertz CT molecular complexity index is 1640. The molecule has 0 saturated carbocycles. The molecule has 0 radical (unpaired) electrons. The number of likely N-dealkylation sites (tertiary alicyclic amines) is 1. The van der Waals surface area contributed by atoms with Crippen molar-refractivity contribution in [1.29, 1.82) is 5.26 Å². The number of rotatable bonds is 7. The minimum Gasteiger partial charge on any atom is -0.462 e. The fourth-order valence-corrected chi connectivity index (χ4v) is 7.13. The first-order valence-corrected chi connectivity index (χ1v) is 15.5. The number of aromatic nitrogens is 2. The van der Waals surface area contributed by atoms with Crippen LogP contribution in [0.1, 0.15) is 36.8 Å². The molecule has 2 fully saturated rings. The molecule has 6 rings (SSSR count). The van der Waals surface area contributed by atoms with E-state index in [2.05, 4.69) is 23.7 Å². The van der Waals surface area contributed by atoms with Gasteiger partial charge in [0, 0.05) is 43.2 Å². The van der Waals surface area contributed by atoms with E-state index < -0.39 is 18.0 Å². The zero-order chi connectivity index (χ0) is 31.0. The number of ether oxygens (including phenoxy) is 1. The first kappa shape index (κ1) is 30.2. The van der Waals surface area contributed by atoms with Crippen LogP contribution >= 0.6 is 11.6 Å². The second kappa shape index (κ2) is 12.7. The Morgan fingerprint density at radius 1 is 1.23 bits per heavy atom. The van der Waals surface area contributed by atoms with Crippen molar-refractivity contribution in [1.82, 2.24) is 19.8 Å². The average molecular weight is 621 g/mol. The smallest absolute Gasteiger partial charge is 0.319 e. The second-order valence-electron chi connectivity index (χ2n) is 11.9. The lowest BCUT2D eigenvalue weighted by Crippen LogP contribution is -2.55. The number of halogens is 3. The number of carbonyl (C=O) groups is 1. The van der Waals surface area contributed by atoms with Crippen LogP contribution in [0.25, 0.3) is 22.0 Å². The summed E-state index contributed by atoms with van der Waals surface area (Å²) in [6.07, 6.45) is 4.67. The number of nitriles is 1. The highest BCUT2D eigenvalue weighted by atomic mass is 35.5. The number of aryl methyl sites for hydroxylation is 1. The normalized spacial score (nSPS) is 22.1. The van der Waals surface area contributed by atoms with Crippen LogP contribution in [0.15, 0.2) is 36.9 Å². The summed E-state index contributed by atoms with van der Waals surface area (Å²) in [6.45, 7) is 5.07. The van der Waals surface area contributed by atoms with Crippen molar-refractivity contribution in [3.8, 4) is 23.2 Å². The lowest BCUT2D eigenvalue weighted by atomic mass is 9.85. The Hall–Kier alpha value is -3.81. The highest BCUT2D eigenvalue weighted by molar-refractivity contribution is 6.34. The molecule has 0 unspecified atom stereocenters. The number of alkyl halides is 1. The van der Waals surface area contributed by atoms with E-state index in [0.717, 1.165) is 36.8 Å². The molecule has 0 N–H and O–H groups in total. The van der Waals surface area contributed by atoms with Gasteiger partial charge in [0.05, 0.1) is 23.6 Å². The number of fused-ring (bicyclic) bond motifs is 2. The third kappa shape index (κ3) is 5.71. The minimum absolute atomic E-state index is 0.0214. The predicted octanol–water partition coefficient (Wildman–Crippen LogP) is 5.51. The van der Waals surface area contributed by atoms with Crippen molar-refractivity contribution in [2.75, 3.05) is 44.7 Å². The molecule has 2 aromatic carbocycles. The SMILES string of the molecule is C=CC(=O)N1CCN(c2nc(OC[C@@H]3C[C@@H](F)CN3C)nc3c(F)c(-c4cccc5c4CCCC5)c(Cl)cc23)C[C@@H]1CC#N. The molecule has 3 aliphatic rings. The van der Waals surface area contributed by atoms with E-state index in [1.807, 2.05) is 29.0 Å². The van der Waals surface area contributed by atoms with Crippen LogP contribution in [-0.2, 0) is 17.6 Å². The molecule has 0 bridgehead atoms. The maximum Gasteiger partial charge on any atom is 0.319 e. The lowest BCUT2D eigenvalue weighted by molar-refractivity contribution is -0.128. The zero-order valence-corrected chi connectivity index (χ0v) is 25.5. The summed E-state index contributed by atoms with van der Waals surface area (Å²) >= 11 is 6.88. The van der Waals surface area contributed by atoms with Crippen LogP contribution < -0.4 is 9.64 Å².